The molecule has 1 amide bonds. The molecule has 6 nitrogen and oxygen atoms in total. The number of imidazole rings is 1. The smallest absolute Gasteiger partial charge is 0.271 e. The maximum absolute atomic E-state index is 12.0. The van der Waals surface area contributed by atoms with Gasteiger partial charge >= 0.3 is 0 Å². The van der Waals surface area contributed by atoms with E-state index in [0.29, 0.717) is 25.5 Å². The molecule has 0 unspecified atom stereocenters. The molecule has 3 heterocycles. The van der Waals surface area contributed by atoms with Gasteiger partial charge in [0, 0.05) is 12.7 Å². The largest absolute Gasteiger partial charge is 0.465 e. The monoisotopic (exact) mass is 261 g/mol. The molecular formula is C13H15N3O3. The number of fused-ring (bicyclic) bond motifs is 1. The quantitative estimate of drug-likeness (QED) is 0.902. The predicted octanol–water partition coefficient (Wildman–Crippen LogP) is 1.24. The number of aryl methyl sites for hydroxylation is 1. The summed E-state index contributed by atoms with van der Waals surface area (Å²) in [5.41, 5.74) is 0.420. The van der Waals surface area contributed by atoms with E-state index >= 15 is 0 Å². The lowest BCUT2D eigenvalue weighted by atomic mass is 10.4. The SMILES string of the molecule is Cc1ccc(CNC(=O)c2cn3c(n2)COCC3)o1. The van der Waals surface area contributed by atoms with Crippen molar-refractivity contribution >= 4 is 5.91 Å². The van der Waals surface area contributed by atoms with Crippen LogP contribution in [0.3, 0.4) is 0 Å². The third-order valence-corrected chi connectivity index (χ3v) is 3.02. The molecule has 0 bridgehead atoms. The van der Waals surface area contributed by atoms with Gasteiger partial charge in [-0.1, -0.05) is 0 Å². The highest BCUT2D eigenvalue weighted by Gasteiger charge is 2.16. The van der Waals surface area contributed by atoms with Gasteiger partial charge in [-0.15, -0.1) is 0 Å². The van der Waals surface area contributed by atoms with E-state index in [1.165, 1.54) is 0 Å². The molecule has 0 saturated carbocycles. The maximum Gasteiger partial charge on any atom is 0.271 e. The van der Waals surface area contributed by atoms with E-state index in [9.17, 15) is 4.79 Å². The number of rotatable bonds is 3. The molecule has 0 saturated heterocycles. The van der Waals surface area contributed by atoms with Crippen LogP contribution in [0.15, 0.2) is 22.7 Å². The number of aromatic nitrogens is 2. The summed E-state index contributed by atoms with van der Waals surface area (Å²) in [7, 11) is 0. The van der Waals surface area contributed by atoms with Gasteiger partial charge in [0.15, 0.2) is 0 Å². The molecule has 0 radical (unpaired) electrons. The third-order valence-electron chi connectivity index (χ3n) is 3.02. The number of hydrogen-bond acceptors (Lipinski definition) is 4. The summed E-state index contributed by atoms with van der Waals surface area (Å²) in [6.45, 7) is 4.11. The van der Waals surface area contributed by atoms with Gasteiger partial charge in [-0.3, -0.25) is 4.79 Å². The average Bonchev–Trinajstić information content (AvgIpc) is 3.01. The number of carbonyl (C=O) groups is 1. The van der Waals surface area contributed by atoms with E-state index in [1.807, 2.05) is 23.6 Å². The van der Waals surface area contributed by atoms with Crippen molar-refractivity contribution in [3.05, 3.63) is 41.4 Å². The maximum atomic E-state index is 12.0. The normalized spacial score (nSPS) is 14.2. The Bertz CT molecular complexity index is 577. The van der Waals surface area contributed by atoms with Crippen LogP contribution in [-0.2, 0) is 24.4 Å². The van der Waals surface area contributed by atoms with Crippen LogP contribution in [0.2, 0.25) is 0 Å². The van der Waals surface area contributed by atoms with Gasteiger partial charge < -0.3 is 19.0 Å². The Morgan fingerprint density at radius 3 is 3.16 bits per heavy atom. The zero-order valence-electron chi connectivity index (χ0n) is 10.7. The van der Waals surface area contributed by atoms with Gasteiger partial charge in [-0.25, -0.2) is 4.98 Å². The molecule has 3 rings (SSSR count). The van der Waals surface area contributed by atoms with E-state index in [-0.39, 0.29) is 5.91 Å². The number of hydrogen-bond donors (Lipinski definition) is 1. The minimum Gasteiger partial charge on any atom is -0.465 e. The number of furan rings is 1. The van der Waals surface area contributed by atoms with E-state index in [2.05, 4.69) is 10.3 Å². The highest BCUT2D eigenvalue weighted by molar-refractivity contribution is 5.92. The number of carbonyl (C=O) groups excluding carboxylic acids is 1. The molecule has 2 aromatic rings. The van der Waals surface area contributed by atoms with Gasteiger partial charge in [-0.2, -0.15) is 0 Å². The molecule has 1 N–H and O–H groups in total. The standard InChI is InChI=1S/C13H15N3O3/c1-9-2-3-10(19-9)6-14-13(17)11-7-16-4-5-18-8-12(16)15-11/h2-3,7H,4-6,8H2,1H3,(H,14,17). The fourth-order valence-corrected chi connectivity index (χ4v) is 2.04. The summed E-state index contributed by atoms with van der Waals surface area (Å²) in [5, 5.41) is 2.79. The number of amides is 1. The van der Waals surface area contributed by atoms with E-state index in [1.54, 1.807) is 6.20 Å². The first-order valence-corrected chi connectivity index (χ1v) is 6.19. The van der Waals surface area contributed by atoms with Crippen LogP contribution in [-0.4, -0.2) is 22.1 Å². The second-order valence-electron chi connectivity index (χ2n) is 4.48. The van der Waals surface area contributed by atoms with Crippen LogP contribution >= 0.6 is 0 Å². The van der Waals surface area contributed by atoms with Crippen LogP contribution in [0, 0.1) is 6.92 Å². The second kappa shape index (κ2) is 4.89. The topological polar surface area (TPSA) is 69.3 Å². The Balaban J connectivity index is 1.65. The van der Waals surface area contributed by atoms with Crippen molar-refractivity contribution in [3.63, 3.8) is 0 Å². The molecule has 100 valence electrons. The van der Waals surface area contributed by atoms with E-state index in [0.717, 1.165) is 23.9 Å². The van der Waals surface area contributed by atoms with Crippen molar-refractivity contribution < 1.29 is 13.9 Å². The number of nitrogens with zero attached hydrogens (tertiary/aromatic N) is 2. The fraction of sp³-hybridized carbons (Fsp3) is 0.385. The van der Waals surface area contributed by atoms with Gasteiger partial charge in [-0.05, 0) is 19.1 Å². The van der Waals surface area contributed by atoms with E-state index in [4.69, 9.17) is 9.15 Å². The molecule has 19 heavy (non-hydrogen) atoms. The molecule has 1 aliphatic heterocycles. The van der Waals surface area contributed by atoms with Gasteiger partial charge in [0.05, 0.1) is 13.2 Å². The molecule has 6 heteroatoms. The summed E-state index contributed by atoms with van der Waals surface area (Å²) in [4.78, 5) is 16.2. The minimum absolute atomic E-state index is 0.198. The highest BCUT2D eigenvalue weighted by Crippen LogP contribution is 2.10. The van der Waals surface area contributed by atoms with Gasteiger partial charge in [0.25, 0.3) is 5.91 Å². The third kappa shape index (κ3) is 2.53. The molecule has 2 aromatic heterocycles. The molecular weight excluding hydrogens is 246 g/mol. The molecule has 0 atom stereocenters. The summed E-state index contributed by atoms with van der Waals surface area (Å²) in [6.07, 6.45) is 1.76. The van der Waals surface area contributed by atoms with Gasteiger partial charge in [0.2, 0.25) is 0 Å². The van der Waals surface area contributed by atoms with Crippen LogP contribution in [0.1, 0.15) is 27.8 Å². The first kappa shape index (κ1) is 12.0. The van der Waals surface area contributed by atoms with Crippen molar-refractivity contribution in [2.45, 2.75) is 26.6 Å². The van der Waals surface area contributed by atoms with Crippen LogP contribution < -0.4 is 5.32 Å². The highest BCUT2D eigenvalue weighted by atomic mass is 16.5. The first-order valence-electron chi connectivity index (χ1n) is 6.19. The van der Waals surface area contributed by atoms with Crippen LogP contribution in [0.25, 0.3) is 0 Å². The lowest BCUT2D eigenvalue weighted by Crippen LogP contribution is -2.22. The lowest BCUT2D eigenvalue weighted by Gasteiger charge is -2.13. The molecule has 0 aromatic carbocycles. The molecule has 1 aliphatic rings. The Hall–Kier alpha value is -2.08. The van der Waals surface area contributed by atoms with Crippen molar-refractivity contribution in [2.24, 2.45) is 0 Å². The lowest BCUT2D eigenvalue weighted by molar-refractivity contribution is 0.0816. The fourth-order valence-electron chi connectivity index (χ4n) is 2.04. The van der Waals surface area contributed by atoms with Crippen LogP contribution in [0.4, 0.5) is 0 Å². The zero-order valence-corrected chi connectivity index (χ0v) is 10.7. The zero-order chi connectivity index (χ0) is 13.2. The van der Waals surface area contributed by atoms with Crippen molar-refractivity contribution in [3.8, 4) is 0 Å². The average molecular weight is 261 g/mol. The Morgan fingerprint density at radius 1 is 1.53 bits per heavy atom. The van der Waals surface area contributed by atoms with Crippen molar-refractivity contribution in [1.29, 1.82) is 0 Å². The van der Waals surface area contributed by atoms with Crippen LogP contribution in [0.5, 0.6) is 0 Å². The van der Waals surface area contributed by atoms with Crippen molar-refractivity contribution in [1.82, 2.24) is 14.9 Å². The first-order chi connectivity index (χ1) is 9.22. The number of nitrogens with one attached hydrogen (secondary N) is 1. The summed E-state index contributed by atoms with van der Waals surface area (Å²) < 4.78 is 12.6. The summed E-state index contributed by atoms with van der Waals surface area (Å²) in [5.74, 6) is 2.17. The Labute approximate surface area is 110 Å². The summed E-state index contributed by atoms with van der Waals surface area (Å²) >= 11 is 0. The molecule has 0 spiro atoms. The van der Waals surface area contributed by atoms with E-state index < -0.39 is 0 Å². The van der Waals surface area contributed by atoms with Gasteiger partial charge in [0.1, 0.15) is 29.6 Å². The summed E-state index contributed by atoms with van der Waals surface area (Å²) in [6, 6.07) is 3.72. The Kier molecular flexibility index (Phi) is 3.08. The second-order valence-corrected chi connectivity index (χ2v) is 4.48. The predicted molar refractivity (Wildman–Crippen MR) is 66.5 cm³/mol. The Morgan fingerprint density at radius 2 is 2.42 bits per heavy atom. The number of ether oxygens (including phenoxy) is 1. The minimum atomic E-state index is -0.198. The molecule has 0 fully saturated rings. The molecule has 0 aliphatic carbocycles. The van der Waals surface area contributed by atoms with Crippen molar-refractivity contribution in [2.75, 3.05) is 6.61 Å².